The number of hydrogen-bond acceptors (Lipinski definition) is 2. The molecule has 1 aromatic carbocycles. The molecular formula is C17H29ClN2. The summed E-state index contributed by atoms with van der Waals surface area (Å²) in [7, 11) is 2.05. The van der Waals surface area contributed by atoms with Gasteiger partial charge >= 0.3 is 0 Å². The van der Waals surface area contributed by atoms with Crippen LogP contribution in [0.1, 0.15) is 44.2 Å². The number of nitrogens with one attached hydrogen (secondary N) is 1. The zero-order valence-corrected chi connectivity index (χ0v) is 13.7. The van der Waals surface area contributed by atoms with Crippen LogP contribution in [0.2, 0.25) is 0 Å². The smallest absolute Gasteiger partial charge is 0.0345 e. The lowest BCUT2D eigenvalue weighted by atomic mass is 9.91. The molecule has 1 heterocycles. The summed E-state index contributed by atoms with van der Waals surface area (Å²) in [6.07, 6.45) is 5.29. The molecule has 0 saturated carbocycles. The van der Waals surface area contributed by atoms with Crippen molar-refractivity contribution in [3.05, 3.63) is 35.9 Å². The summed E-state index contributed by atoms with van der Waals surface area (Å²) >= 11 is 0. The van der Waals surface area contributed by atoms with Gasteiger partial charge in [0.05, 0.1) is 0 Å². The minimum absolute atomic E-state index is 0. The van der Waals surface area contributed by atoms with Crippen LogP contribution in [0.4, 0.5) is 0 Å². The minimum atomic E-state index is 0. The lowest BCUT2D eigenvalue weighted by Gasteiger charge is -2.37. The maximum atomic E-state index is 3.27. The Kier molecular flexibility index (Phi) is 8.20. The van der Waals surface area contributed by atoms with Crippen molar-refractivity contribution in [1.82, 2.24) is 10.2 Å². The second kappa shape index (κ2) is 9.38. The molecule has 1 aliphatic heterocycles. The molecular weight excluding hydrogens is 268 g/mol. The number of hydrogen-bond donors (Lipinski definition) is 1. The van der Waals surface area contributed by atoms with Crippen LogP contribution in [0, 0.1) is 5.92 Å². The Balaban J connectivity index is 0.00000200. The molecule has 2 nitrogen and oxygen atoms in total. The molecule has 1 aromatic rings. The van der Waals surface area contributed by atoms with E-state index in [1.807, 2.05) is 0 Å². The first-order valence-electron chi connectivity index (χ1n) is 7.78. The summed E-state index contributed by atoms with van der Waals surface area (Å²) < 4.78 is 0. The fourth-order valence-corrected chi connectivity index (χ4v) is 3.28. The Labute approximate surface area is 130 Å². The van der Waals surface area contributed by atoms with Crippen LogP contribution in [0.3, 0.4) is 0 Å². The van der Waals surface area contributed by atoms with Gasteiger partial charge in [-0.15, -0.1) is 12.4 Å². The summed E-state index contributed by atoms with van der Waals surface area (Å²) in [6.45, 7) is 6.01. The van der Waals surface area contributed by atoms with Gasteiger partial charge in [-0.3, -0.25) is 4.90 Å². The van der Waals surface area contributed by atoms with Crippen molar-refractivity contribution in [2.75, 3.05) is 26.7 Å². The molecule has 1 unspecified atom stereocenters. The molecule has 2 rings (SSSR count). The highest BCUT2D eigenvalue weighted by molar-refractivity contribution is 5.85. The Hall–Kier alpha value is -0.570. The van der Waals surface area contributed by atoms with E-state index in [1.165, 1.54) is 50.9 Å². The summed E-state index contributed by atoms with van der Waals surface area (Å²) in [4.78, 5) is 2.69. The highest BCUT2D eigenvalue weighted by Gasteiger charge is 2.24. The first kappa shape index (κ1) is 17.5. The lowest BCUT2D eigenvalue weighted by Crippen LogP contribution is -2.37. The summed E-state index contributed by atoms with van der Waals surface area (Å²) in [6, 6.07) is 11.6. The first-order valence-corrected chi connectivity index (χ1v) is 7.78. The van der Waals surface area contributed by atoms with Crippen molar-refractivity contribution in [1.29, 1.82) is 0 Å². The van der Waals surface area contributed by atoms with Crippen molar-refractivity contribution in [3.8, 4) is 0 Å². The fraction of sp³-hybridized carbons (Fsp3) is 0.647. The molecule has 1 aliphatic rings. The molecule has 0 aromatic heterocycles. The van der Waals surface area contributed by atoms with Gasteiger partial charge in [-0.2, -0.15) is 0 Å². The van der Waals surface area contributed by atoms with Gasteiger partial charge in [0.2, 0.25) is 0 Å². The molecule has 0 aliphatic carbocycles. The second-order valence-corrected chi connectivity index (χ2v) is 5.71. The van der Waals surface area contributed by atoms with E-state index >= 15 is 0 Å². The standard InChI is InChI=1S/C17H28N2.ClH/c1-3-17(16-7-5-4-6-8-16)19-13-10-15(11-14-19)9-12-18-2;/h4-8,15,17-18H,3,9-14H2,1-2H3;1H. The van der Waals surface area contributed by atoms with E-state index in [-0.39, 0.29) is 12.4 Å². The van der Waals surface area contributed by atoms with Crippen molar-refractivity contribution in [2.45, 2.75) is 38.6 Å². The molecule has 114 valence electrons. The van der Waals surface area contributed by atoms with Gasteiger partial charge in [0.1, 0.15) is 0 Å². The summed E-state index contributed by atoms with van der Waals surface area (Å²) in [5.74, 6) is 0.928. The number of piperidine rings is 1. The van der Waals surface area contributed by atoms with E-state index < -0.39 is 0 Å². The van der Waals surface area contributed by atoms with E-state index in [9.17, 15) is 0 Å². The van der Waals surface area contributed by atoms with Gasteiger partial charge in [0.15, 0.2) is 0 Å². The number of likely N-dealkylation sites (tertiary alicyclic amines) is 1. The first-order chi connectivity index (χ1) is 9.35. The Morgan fingerprint density at radius 1 is 1.20 bits per heavy atom. The molecule has 3 heteroatoms. The number of halogens is 1. The predicted molar refractivity (Wildman–Crippen MR) is 89.6 cm³/mol. The SMILES string of the molecule is CCC(c1ccccc1)N1CCC(CCNC)CC1.Cl. The van der Waals surface area contributed by atoms with Crippen LogP contribution in [-0.2, 0) is 0 Å². The number of benzene rings is 1. The molecule has 1 atom stereocenters. The molecule has 0 spiro atoms. The van der Waals surface area contributed by atoms with Gasteiger partial charge in [0, 0.05) is 6.04 Å². The molecule has 20 heavy (non-hydrogen) atoms. The van der Waals surface area contributed by atoms with Crippen LogP contribution in [0.25, 0.3) is 0 Å². The van der Waals surface area contributed by atoms with E-state index in [1.54, 1.807) is 0 Å². The lowest BCUT2D eigenvalue weighted by molar-refractivity contribution is 0.126. The van der Waals surface area contributed by atoms with E-state index in [2.05, 4.69) is 54.5 Å². The van der Waals surface area contributed by atoms with Gasteiger partial charge in [-0.1, -0.05) is 37.3 Å². The van der Waals surface area contributed by atoms with Gasteiger partial charge in [-0.25, -0.2) is 0 Å². The molecule has 1 saturated heterocycles. The third-order valence-electron chi connectivity index (χ3n) is 4.46. The van der Waals surface area contributed by atoms with Gasteiger partial charge in [-0.05, 0) is 63.8 Å². The second-order valence-electron chi connectivity index (χ2n) is 5.71. The Bertz CT molecular complexity index is 347. The largest absolute Gasteiger partial charge is 0.320 e. The molecule has 1 fully saturated rings. The summed E-state index contributed by atoms with van der Waals surface area (Å²) in [5.41, 5.74) is 1.48. The monoisotopic (exact) mass is 296 g/mol. The number of rotatable bonds is 6. The topological polar surface area (TPSA) is 15.3 Å². The van der Waals surface area contributed by atoms with Crippen molar-refractivity contribution in [2.24, 2.45) is 5.92 Å². The van der Waals surface area contributed by atoms with Crippen LogP contribution in [-0.4, -0.2) is 31.6 Å². The summed E-state index contributed by atoms with van der Waals surface area (Å²) in [5, 5.41) is 3.27. The van der Waals surface area contributed by atoms with Crippen LogP contribution < -0.4 is 5.32 Å². The molecule has 0 amide bonds. The average Bonchev–Trinajstić information content (AvgIpc) is 2.48. The highest BCUT2D eigenvalue weighted by Crippen LogP contribution is 2.29. The van der Waals surface area contributed by atoms with Crippen molar-refractivity contribution < 1.29 is 0 Å². The predicted octanol–water partition coefficient (Wildman–Crippen LogP) is 3.88. The molecule has 0 bridgehead atoms. The zero-order chi connectivity index (χ0) is 13.5. The number of nitrogens with zero attached hydrogens (tertiary/aromatic N) is 1. The Morgan fingerprint density at radius 3 is 2.40 bits per heavy atom. The van der Waals surface area contributed by atoms with Crippen molar-refractivity contribution in [3.63, 3.8) is 0 Å². The van der Waals surface area contributed by atoms with Crippen LogP contribution >= 0.6 is 12.4 Å². The normalized spacial score (nSPS) is 18.5. The maximum absolute atomic E-state index is 3.27. The minimum Gasteiger partial charge on any atom is -0.320 e. The van der Waals surface area contributed by atoms with Gasteiger partial charge in [0.25, 0.3) is 0 Å². The maximum Gasteiger partial charge on any atom is 0.0345 e. The third-order valence-corrected chi connectivity index (χ3v) is 4.46. The quantitative estimate of drug-likeness (QED) is 0.857. The fourth-order valence-electron chi connectivity index (χ4n) is 3.28. The van der Waals surface area contributed by atoms with Crippen LogP contribution in [0.15, 0.2) is 30.3 Å². The van der Waals surface area contributed by atoms with Gasteiger partial charge < -0.3 is 5.32 Å². The third kappa shape index (κ3) is 4.76. The average molecular weight is 297 g/mol. The zero-order valence-electron chi connectivity index (χ0n) is 12.8. The van der Waals surface area contributed by atoms with Crippen LogP contribution in [0.5, 0.6) is 0 Å². The van der Waals surface area contributed by atoms with E-state index in [4.69, 9.17) is 0 Å². The molecule has 1 N–H and O–H groups in total. The Morgan fingerprint density at radius 2 is 1.85 bits per heavy atom. The van der Waals surface area contributed by atoms with E-state index in [0.29, 0.717) is 6.04 Å². The molecule has 0 radical (unpaired) electrons. The highest BCUT2D eigenvalue weighted by atomic mass is 35.5. The van der Waals surface area contributed by atoms with Crippen molar-refractivity contribution >= 4 is 12.4 Å². The van der Waals surface area contributed by atoms with E-state index in [0.717, 1.165) is 5.92 Å².